The maximum Gasteiger partial charge on any atom is 0.262 e. The van der Waals surface area contributed by atoms with Crippen molar-refractivity contribution in [1.29, 1.82) is 0 Å². The summed E-state index contributed by atoms with van der Waals surface area (Å²) >= 11 is 7.88. The quantitative estimate of drug-likeness (QED) is 0.372. The summed E-state index contributed by atoms with van der Waals surface area (Å²) in [4.78, 5) is 17.5. The van der Waals surface area contributed by atoms with E-state index in [1.165, 1.54) is 12.1 Å². The monoisotopic (exact) mass is 428 g/mol. The lowest BCUT2D eigenvalue weighted by Crippen LogP contribution is -2.20. The molecule has 1 amide bonds. The van der Waals surface area contributed by atoms with Crippen molar-refractivity contribution in [2.75, 3.05) is 18.2 Å². The van der Waals surface area contributed by atoms with Gasteiger partial charge in [-0.1, -0.05) is 35.9 Å². The molecule has 0 aliphatic carbocycles. The molecule has 0 radical (unpaired) electrons. The van der Waals surface area contributed by atoms with Crippen LogP contribution >= 0.6 is 23.4 Å². The molecular formula is C22H18ClFN2O2S. The Bertz CT molecular complexity index is 1040. The van der Waals surface area contributed by atoms with Gasteiger partial charge in [-0.25, -0.2) is 4.39 Å². The molecule has 0 unspecified atom stereocenters. The van der Waals surface area contributed by atoms with Crippen LogP contribution in [0.5, 0.6) is 5.75 Å². The number of anilines is 1. The molecule has 7 heteroatoms. The van der Waals surface area contributed by atoms with Crippen LogP contribution in [-0.2, 0) is 4.79 Å². The topological polar surface area (TPSA) is 50.7 Å². The van der Waals surface area contributed by atoms with Gasteiger partial charge in [0.15, 0.2) is 6.61 Å². The highest BCUT2D eigenvalue weighted by atomic mass is 35.5. The first-order chi connectivity index (χ1) is 14.1. The first kappa shape index (κ1) is 20.9. The largest absolute Gasteiger partial charge is 0.482 e. The molecular weight excluding hydrogens is 411 g/mol. The van der Waals surface area contributed by atoms with E-state index in [1.807, 2.05) is 30.5 Å². The van der Waals surface area contributed by atoms with Crippen molar-refractivity contribution in [2.45, 2.75) is 4.90 Å². The van der Waals surface area contributed by atoms with Gasteiger partial charge in [0.1, 0.15) is 11.6 Å². The maximum atomic E-state index is 13.6. The van der Waals surface area contributed by atoms with E-state index in [9.17, 15) is 9.18 Å². The average Bonchev–Trinajstić information content (AvgIpc) is 2.73. The molecule has 0 aromatic heterocycles. The molecule has 0 fully saturated rings. The molecule has 29 heavy (non-hydrogen) atoms. The highest BCUT2D eigenvalue weighted by Gasteiger charge is 2.09. The highest BCUT2D eigenvalue weighted by Crippen LogP contribution is 2.28. The van der Waals surface area contributed by atoms with Gasteiger partial charge in [-0.15, -0.1) is 11.8 Å². The Morgan fingerprint density at radius 3 is 2.69 bits per heavy atom. The molecule has 0 bridgehead atoms. The van der Waals surface area contributed by atoms with E-state index < -0.39 is 11.7 Å². The molecule has 3 aromatic carbocycles. The summed E-state index contributed by atoms with van der Waals surface area (Å²) < 4.78 is 19.0. The Balaban J connectivity index is 1.61. The summed E-state index contributed by atoms with van der Waals surface area (Å²) in [6.07, 6.45) is 3.72. The summed E-state index contributed by atoms with van der Waals surface area (Å²) in [6, 6.07) is 18.9. The standard InChI is InChI=1S/C22H18ClFN2O2S/c1-29-21-9-5-4-8-19(21)25-13-15-10-11-20(16(23)12-15)28-14-22(27)26-18-7-3-2-6-17(18)24/h2-13H,14H2,1H3,(H,26,27). The van der Waals surface area contributed by atoms with Gasteiger partial charge >= 0.3 is 0 Å². The Labute approximate surface area is 177 Å². The third-order valence-corrected chi connectivity index (χ3v) is 4.98. The fourth-order valence-electron chi connectivity index (χ4n) is 2.49. The van der Waals surface area contributed by atoms with E-state index in [1.54, 1.807) is 48.3 Å². The average molecular weight is 429 g/mol. The van der Waals surface area contributed by atoms with Gasteiger partial charge in [-0.3, -0.25) is 9.79 Å². The van der Waals surface area contributed by atoms with Crippen molar-refractivity contribution in [2.24, 2.45) is 4.99 Å². The lowest BCUT2D eigenvalue weighted by atomic mass is 10.2. The Morgan fingerprint density at radius 2 is 1.93 bits per heavy atom. The zero-order valence-electron chi connectivity index (χ0n) is 15.6. The predicted octanol–water partition coefficient (Wildman–Crippen LogP) is 5.97. The number of benzene rings is 3. The van der Waals surface area contributed by atoms with Gasteiger partial charge in [0.25, 0.3) is 5.91 Å². The summed E-state index contributed by atoms with van der Waals surface area (Å²) in [7, 11) is 0. The van der Waals surface area contributed by atoms with Crippen molar-refractivity contribution >= 4 is 46.9 Å². The van der Waals surface area contributed by atoms with Gasteiger partial charge in [0.2, 0.25) is 0 Å². The molecule has 0 aliphatic rings. The number of ether oxygens (including phenoxy) is 1. The smallest absolute Gasteiger partial charge is 0.262 e. The van der Waals surface area contributed by atoms with Crippen molar-refractivity contribution in [3.05, 3.63) is 83.1 Å². The third kappa shape index (κ3) is 5.82. The van der Waals surface area contributed by atoms with Crippen molar-refractivity contribution in [3.8, 4) is 5.75 Å². The van der Waals surface area contributed by atoms with Crippen LogP contribution in [0.1, 0.15) is 5.56 Å². The predicted molar refractivity (Wildman–Crippen MR) is 117 cm³/mol. The molecule has 0 heterocycles. The number of hydrogen-bond acceptors (Lipinski definition) is 4. The molecule has 0 saturated heterocycles. The third-order valence-electron chi connectivity index (χ3n) is 3.90. The minimum Gasteiger partial charge on any atom is -0.482 e. The summed E-state index contributed by atoms with van der Waals surface area (Å²) in [5.41, 5.74) is 1.78. The first-order valence-electron chi connectivity index (χ1n) is 8.70. The van der Waals surface area contributed by atoms with Crippen molar-refractivity contribution in [1.82, 2.24) is 0 Å². The minimum atomic E-state index is -0.509. The normalized spacial score (nSPS) is 10.9. The number of rotatable bonds is 7. The van der Waals surface area contributed by atoms with Crippen molar-refractivity contribution in [3.63, 3.8) is 0 Å². The molecule has 0 saturated carbocycles. The molecule has 0 spiro atoms. The number of aliphatic imine (C=N–C) groups is 1. The minimum absolute atomic E-state index is 0.101. The fraction of sp³-hybridized carbons (Fsp3) is 0.0909. The number of carbonyl (C=O) groups excluding carboxylic acids is 1. The number of thioether (sulfide) groups is 1. The number of halogens is 2. The zero-order valence-corrected chi connectivity index (χ0v) is 17.1. The Hall–Kier alpha value is -2.83. The lowest BCUT2D eigenvalue weighted by molar-refractivity contribution is -0.118. The second-order valence-electron chi connectivity index (χ2n) is 5.94. The van der Waals surface area contributed by atoms with Crippen LogP contribution in [0.2, 0.25) is 5.02 Å². The van der Waals surface area contributed by atoms with E-state index >= 15 is 0 Å². The second-order valence-corrected chi connectivity index (χ2v) is 7.19. The van der Waals surface area contributed by atoms with E-state index in [0.717, 1.165) is 16.1 Å². The Morgan fingerprint density at radius 1 is 1.17 bits per heavy atom. The van der Waals surface area contributed by atoms with Crippen LogP contribution in [0.4, 0.5) is 15.8 Å². The van der Waals surface area contributed by atoms with Crippen LogP contribution in [-0.4, -0.2) is 25.0 Å². The molecule has 0 atom stereocenters. The second kappa shape index (κ2) is 10.1. The van der Waals surface area contributed by atoms with E-state index in [2.05, 4.69) is 10.3 Å². The van der Waals surface area contributed by atoms with E-state index in [0.29, 0.717) is 10.8 Å². The van der Waals surface area contributed by atoms with Crippen LogP contribution in [0.15, 0.2) is 76.6 Å². The van der Waals surface area contributed by atoms with Crippen LogP contribution in [0.25, 0.3) is 0 Å². The molecule has 3 aromatic rings. The number of nitrogens with one attached hydrogen (secondary N) is 1. The molecule has 4 nitrogen and oxygen atoms in total. The van der Waals surface area contributed by atoms with Gasteiger partial charge in [-0.05, 0) is 54.3 Å². The van der Waals surface area contributed by atoms with Gasteiger partial charge in [-0.2, -0.15) is 0 Å². The number of para-hydroxylation sites is 2. The number of nitrogens with zero attached hydrogens (tertiary/aromatic N) is 1. The zero-order chi connectivity index (χ0) is 20.6. The number of hydrogen-bond donors (Lipinski definition) is 1. The molecule has 148 valence electrons. The Kier molecular flexibility index (Phi) is 7.27. The van der Waals surface area contributed by atoms with Gasteiger partial charge in [0, 0.05) is 11.1 Å². The highest BCUT2D eigenvalue weighted by molar-refractivity contribution is 7.98. The van der Waals surface area contributed by atoms with Crippen molar-refractivity contribution < 1.29 is 13.9 Å². The summed E-state index contributed by atoms with van der Waals surface area (Å²) in [5, 5.41) is 2.81. The van der Waals surface area contributed by atoms with E-state index in [4.69, 9.17) is 16.3 Å². The first-order valence-corrected chi connectivity index (χ1v) is 10.3. The summed E-state index contributed by atoms with van der Waals surface area (Å²) in [5.74, 6) is -0.631. The van der Waals surface area contributed by atoms with Gasteiger partial charge < -0.3 is 10.1 Å². The number of amides is 1. The van der Waals surface area contributed by atoms with E-state index in [-0.39, 0.29) is 12.3 Å². The fourth-order valence-corrected chi connectivity index (χ4v) is 3.28. The SMILES string of the molecule is CSc1ccccc1N=Cc1ccc(OCC(=O)Nc2ccccc2F)c(Cl)c1. The molecule has 3 rings (SSSR count). The molecule has 1 N–H and O–H groups in total. The molecule has 0 aliphatic heterocycles. The van der Waals surface area contributed by atoms with Crippen LogP contribution < -0.4 is 10.1 Å². The van der Waals surface area contributed by atoms with Crippen LogP contribution in [0, 0.1) is 5.82 Å². The number of carbonyl (C=O) groups is 1. The lowest BCUT2D eigenvalue weighted by Gasteiger charge is -2.09. The van der Waals surface area contributed by atoms with Crippen LogP contribution in [0.3, 0.4) is 0 Å². The summed E-state index contributed by atoms with van der Waals surface area (Å²) in [6.45, 7) is -0.289. The maximum absolute atomic E-state index is 13.6. The van der Waals surface area contributed by atoms with Gasteiger partial charge in [0.05, 0.1) is 16.4 Å².